The number of rotatable bonds is 5. The van der Waals surface area contributed by atoms with Crippen LogP contribution in [0, 0.1) is 0 Å². The first-order chi connectivity index (χ1) is 13.0. The third-order valence-corrected chi connectivity index (χ3v) is 6.92. The maximum absolute atomic E-state index is 12.3. The van der Waals surface area contributed by atoms with Gasteiger partial charge in [0, 0.05) is 18.2 Å². The third-order valence-electron chi connectivity index (χ3n) is 5.17. The van der Waals surface area contributed by atoms with Crippen molar-refractivity contribution in [3.63, 3.8) is 0 Å². The van der Waals surface area contributed by atoms with Crippen LogP contribution in [0.5, 0.6) is 5.75 Å². The molecular formula is C20H21NO5S. The molecule has 0 N–H and O–H groups in total. The summed E-state index contributed by atoms with van der Waals surface area (Å²) in [6.45, 7) is 0.483. The molecule has 0 aliphatic carbocycles. The molecule has 4 rings (SSSR count). The highest BCUT2D eigenvalue weighted by Crippen LogP contribution is 2.37. The van der Waals surface area contributed by atoms with Gasteiger partial charge >= 0.3 is 5.97 Å². The monoisotopic (exact) mass is 387 g/mol. The van der Waals surface area contributed by atoms with Gasteiger partial charge in [0.25, 0.3) is 0 Å². The van der Waals surface area contributed by atoms with Gasteiger partial charge in [0.2, 0.25) is 0 Å². The molecule has 2 aromatic rings. The molecular weight excluding hydrogens is 366 g/mol. The first-order valence-corrected chi connectivity index (χ1v) is 10.7. The molecule has 7 heteroatoms. The molecule has 27 heavy (non-hydrogen) atoms. The summed E-state index contributed by atoms with van der Waals surface area (Å²) in [7, 11) is -1.46. The summed E-state index contributed by atoms with van der Waals surface area (Å²) in [5.74, 6) is 0.640. The molecule has 2 heterocycles. The van der Waals surface area contributed by atoms with E-state index in [0.29, 0.717) is 18.5 Å². The van der Waals surface area contributed by atoms with Crippen LogP contribution in [-0.2, 0) is 21.1 Å². The van der Waals surface area contributed by atoms with Crippen LogP contribution in [0.3, 0.4) is 0 Å². The molecule has 2 atom stereocenters. The van der Waals surface area contributed by atoms with Crippen LogP contribution in [0.1, 0.15) is 34.1 Å². The van der Waals surface area contributed by atoms with Gasteiger partial charge in [0.1, 0.15) is 5.75 Å². The van der Waals surface area contributed by atoms with E-state index in [-0.39, 0.29) is 23.5 Å². The van der Waals surface area contributed by atoms with Crippen molar-refractivity contribution in [2.45, 2.75) is 25.2 Å². The molecule has 2 aromatic carbocycles. The van der Waals surface area contributed by atoms with Gasteiger partial charge in [-0.1, -0.05) is 30.3 Å². The zero-order chi connectivity index (χ0) is 19.0. The average Bonchev–Trinajstić information content (AvgIpc) is 3.20. The zero-order valence-electron chi connectivity index (χ0n) is 15.0. The van der Waals surface area contributed by atoms with Crippen molar-refractivity contribution in [3.05, 3.63) is 65.2 Å². The molecule has 0 bridgehead atoms. The molecule has 2 aliphatic heterocycles. The minimum absolute atomic E-state index is 0.0827. The Labute approximate surface area is 158 Å². The highest BCUT2D eigenvalue weighted by molar-refractivity contribution is 7.91. The highest BCUT2D eigenvalue weighted by Gasteiger charge is 2.41. The van der Waals surface area contributed by atoms with E-state index in [0.717, 1.165) is 16.9 Å². The number of hydrogen-bond donors (Lipinski definition) is 0. The van der Waals surface area contributed by atoms with Crippen molar-refractivity contribution in [2.24, 2.45) is 0 Å². The predicted molar refractivity (Wildman–Crippen MR) is 100 cm³/mol. The Morgan fingerprint density at radius 1 is 1.15 bits per heavy atom. The molecule has 2 aliphatic rings. The van der Waals surface area contributed by atoms with Crippen molar-refractivity contribution < 1.29 is 22.7 Å². The number of sulfone groups is 1. The number of nitrogens with zero attached hydrogens (tertiary/aromatic N) is 1. The second kappa shape index (κ2) is 6.98. The maximum atomic E-state index is 12.3. The van der Waals surface area contributed by atoms with E-state index in [2.05, 4.69) is 0 Å². The lowest BCUT2D eigenvalue weighted by atomic mass is 10.1. The van der Waals surface area contributed by atoms with Gasteiger partial charge in [0.15, 0.2) is 16.1 Å². The zero-order valence-corrected chi connectivity index (χ0v) is 15.8. The topological polar surface area (TPSA) is 72.9 Å². The lowest BCUT2D eigenvalue weighted by Gasteiger charge is -2.33. The minimum Gasteiger partial charge on any atom is -0.497 e. The number of fused-ring (bicyclic) bond motifs is 1. The van der Waals surface area contributed by atoms with E-state index in [9.17, 15) is 13.2 Å². The second-order valence-electron chi connectivity index (χ2n) is 6.92. The smallest absolute Gasteiger partial charge is 0.340 e. The summed E-state index contributed by atoms with van der Waals surface area (Å²) in [6.07, 6.45) is -0.0385. The summed E-state index contributed by atoms with van der Waals surface area (Å²) >= 11 is 0. The van der Waals surface area contributed by atoms with Crippen LogP contribution in [0.25, 0.3) is 0 Å². The van der Waals surface area contributed by atoms with E-state index in [1.165, 1.54) is 0 Å². The van der Waals surface area contributed by atoms with Gasteiger partial charge in [-0.05, 0) is 30.2 Å². The number of hydrogen-bond acceptors (Lipinski definition) is 6. The quantitative estimate of drug-likeness (QED) is 0.734. The van der Waals surface area contributed by atoms with Crippen LogP contribution < -0.4 is 4.74 Å². The van der Waals surface area contributed by atoms with Gasteiger partial charge in [-0.25, -0.2) is 13.2 Å². The fourth-order valence-corrected chi connectivity index (χ4v) is 5.50. The van der Waals surface area contributed by atoms with Crippen molar-refractivity contribution >= 4 is 15.8 Å². The first-order valence-electron chi connectivity index (χ1n) is 8.86. The number of ether oxygens (including phenoxy) is 2. The molecule has 0 amide bonds. The maximum Gasteiger partial charge on any atom is 0.340 e. The van der Waals surface area contributed by atoms with Crippen LogP contribution in [0.2, 0.25) is 0 Å². The number of carbonyl (C=O) groups excluding carboxylic acids is 1. The Hall–Kier alpha value is -2.38. The van der Waals surface area contributed by atoms with Gasteiger partial charge in [-0.3, -0.25) is 4.90 Å². The Morgan fingerprint density at radius 2 is 1.89 bits per heavy atom. The van der Waals surface area contributed by atoms with E-state index in [4.69, 9.17) is 9.47 Å². The van der Waals surface area contributed by atoms with Crippen molar-refractivity contribution in [1.82, 2.24) is 4.90 Å². The first kappa shape index (κ1) is 18.0. The molecule has 0 spiro atoms. The molecule has 2 unspecified atom stereocenters. The third kappa shape index (κ3) is 3.57. The molecule has 142 valence electrons. The van der Waals surface area contributed by atoms with Crippen LogP contribution in [-0.4, -0.2) is 43.9 Å². The number of cyclic esters (lactones) is 1. The van der Waals surface area contributed by atoms with Gasteiger partial charge < -0.3 is 9.47 Å². The van der Waals surface area contributed by atoms with Crippen molar-refractivity contribution in [2.75, 3.05) is 18.6 Å². The summed E-state index contributed by atoms with van der Waals surface area (Å²) in [4.78, 5) is 14.3. The fraction of sp³-hybridized carbons (Fsp3) is 0.350. The van der Waals surface area contributed by atoms with E-state index in [1.54, 1.807) is 19.2 Å². The van der Waals surface area contributed by atoms with Crippen molar-refractivity contribution in [3.8, 4) is 5.75 Å². The number of benzene rings is 2. The highest BCUT2D eigenvalue weighted by atomic mass is 32.2. The molecule has 6 nitrogen and oxygen atoms in total. The molecule has 1 saturated heterocycles. The van der Waals surface area contributed by atoms with E-state index in [1.807, 2.05) is 41.3 Å². The number of esters is 1. The van der Waals surface area contributed by atoms with Gasteiger partial charge in [-0.15, -0.1) is 0 Å². The van der Waals surface area contributed by atoms with Crippen LogP contribution >= 0.6 is 0 Å². The lowest BCUT2D eigenvalue weighted by Crippen LogP contribution is -2.39. The largest absolute Gasteiger partial charge is 0.497 e. The number of methoxy groups -OCH3 is 1. The summed E-state index contributed by atoms with van der Waals surface area (Å²) in [5.41, 5.74) is 2.34. The Bertz CT molecular complexity index is 955. The van der Waals surface area contributed by atoms with Crippen LogP contribution in [0.4, 0.5) is 0 Å². The van der Waals surface area contributed by atoms with Gasteiger partial charge in [-0.2, -0.15) is 0 Å². The Balaban J connectivity index is 1.67. The van der Waals surface area contributed by atoms with E-state index < -0.39 is 16.1 Å². The predicted octanol–water partition coefficient (Wildman–Crippen LogP) is 2.55. The molecule has 1 fully saturated rings. The van der Waals surface area contributed by atoms with Gasteiger partial charge in [0.05, 0.1) is 24.2 Å². The lowest BCUT2D eigenvalue weighted by molar-refractivity contribution is -0.0424. The standard InChI is InChI=1S/C20H21NO5S/c1-25-16-8-6-14(7-9-16)12-21(15-10-11-27(23,24)13-15)19-17-4-2-3-5-18(17)20(22)26-19/h2-9,15,19H,10-13H2,1H3. The number of carbonyl (C=O) groups is 1. The molecule has 0 aromatic heterocycles. The normalized spacial score (nSPS) is 23.3. The summed E-state index contributed by atoms with van der Waals surface area (Å²) < 4.78 is 35.0. The Kier molecular flexibility index (Phi) is 4.65. The fourth-order valence-electron chi connectivity index (χ4n) is 3.76. The van der Waals surface area contributed by atoms with Crippen LogP contribution in [0.15, 0.2) is 48.5 Å². The van der Waals surface area contributed by atoms with E-state index >= 15 is 0 Å². The molecule has 0 saturated carbocycles. The average molecular weight is 387 g/mol. The summed E-state index contributed by atoms with van der Waals surface area (Å²) in [5, 5.41) is 0. The summed E-state index contributed by atoms with van der Waals surface area (Å²) in [6, 6.07) is 14.7. The molecule has 0 radical (unpaired) electrons. The SMILES string of the molecule is COc1ccc(CN(C2CCS(=O)(=O)C2)C2OC(=O)c3ccccc32)cc1. The second-order valence-corrected chi connectivity index (χ2v) is 9.15. The minimum atomic E-state index is -3.07. The van der Waals surface area contributed by atoms with Crippen molar-refractivity contribution in [1.29, 1.82) is 0 Å². The Morgan fingerprint density at radius 3 is 2.56 bits per heavy atom.